The van der Waals surface area contributed by atoms with Gasteiger partial charge in [-0.1, -0.05) is 71.9 Å². The van der Waals surface area contributed by atoms with Crippen molar-refractivity contribution in [3.8, 4) is 5.75 Å². The van der Waals surface area contributed by atoms with E-state index in [4.69, 9.17) is 17.2 Å². The molecule has 0 spiro atoms. The Bertz CT molecular complexity index is 3750. The number of rotatable bonds is 44. The molecule has 109 heavy (non-hydrogen) atoms. The van der Waals surface area contributed by atoms with E-state index in [2.05, 4.69) is 74.1 Å². The number of likely N-dealkylation sites (tertiary alicyclic amines) is 1. The first-order chi connectivity index (χ1) is 51.2. The highest BCUT2D eigenvalue weighted by molar-refractivity contribution is 6.01. The normalized spacial score (nSPS) is 15.9. The first-order valence-corrected chi connectivity index (χ1v) is 35.5. The van der Waals surface area contributed by atoms with Crippen LogP contribution in [0.1, 0.15) is 118 Å². The molecular formula is C70H104N18O21. The number of aromatic amines is 1. The highest BCUT2D eigenvalue weighted by atomic mass is 16.4. The van der Waals surface area contributed by atoms with Gasteiger partial charge in [-0.25, -0.2) is 0 Å². The summed E-state index contributed by atoms with van der Waals surface area (Å²) < 4.78 is 0. The molecule has 0 saturated carbocycles. The van der Waals surface area contributed by atoms with Crippen LogP contribution in [0, 0.1) is 17.8 Å². The SMILES string of the molecule is CC(C)C[C@H](NC(=O)[C@H](CC(C)C)NC(=O)[C@H](Cc1ccc(O)cc1)NC(=O)CNC(=O)[C@H](C)NC(=O)[C@H](CO)NC(=O)[C@H](CC(N)=O)NC(=O)[C@H](CC(C)C)NC(=O)[C@@H](NC(=O)[C@H](Cc1c[nH]c2ccccc12)NC(=O)CN)[C@@H](C)O)C(=O)NCC(=O)N1CCC[C@H]1C(=O)N[C@@H](CC(=O)O)C(=O)N[C@@H](C)C(N)=O. The van der Waals surface area contributed by atoms with Gasteiger partial charge in [0.1, 0.15) is 78.3 Å². The van der Waals surface area contributed by atoms with E-state index in [1.165, 1.54) is 38.1 Å². The Morgan fingerprint density at radius 3 is 1.54 bits per heavy atom. The molecule has 0 unspecified atom stereocenters. The summed E-state index contributed by atoms with van der Waals surface area (Å²) in [6, 6.07) is -5.49. The van der Waals surface area contributed by atoms with Gasteiger partial charge in [-0.3, -0.25) is 81.5 Å². The first kappa shape index (κ1) is 90.0. The Kier molecular flexibility index (Phi) is 35.9. The molecule has 1 saturated heterocycles. The maximum absolute atomic E-state index is 14.4. The maximum Gasteiger partial charge on any atom is 0.305 e. The number of aromatic hydroxyl groups is 1. The van der Waals surface area contributed by atoms with E-state index in [1.807, 2.05) is 0 Å². The molecule has 1 aliphatic heterocycles. The number of carboxylic acids is 1. The molecule has 0 radical (unpaired) electrons. The standard InChI is InChI=1S/C70H104N18O21/c1-33(2)21-44(61(100)76-31-56(95)88-20-12-15-52(88)69(108)84-50(27-57(96)97)62(101)77-36(7)59(73)98)81-63(102)45(22-34(3)4)82-65(104)47(24-39-16-18-41(91)19-17-39)80-55(94)30-75-60(99)37(8)78-68(107)51(32-89)86-66(105)49(26-53(72)92)83-64(103)46(23-35(5)6)85-70(109)58(38(9)90)87-67(106)48(79-54(93)28-71)25-40-29-74-43-14-11-10-13-42(40)43/h10-11,13-14,16-19,29,33-38,44-52,58,74,89-91H,12,15,20-28,30-32,71H2,1-9H3,(H2,72,92)(H2,73,98)(H,75,99)(H,76,100)(H,77,101)(H,78,107)(H,79,93)(H,80,94)(H,81,102)(H,82,104)(H,83,103)(H,84,108)(H,85,109)(H,86,105)(H,87,106)(H,96,97)/t36-,37-,38+,44-,45-,46-,47-,48-,49-,50-,51-,52-,58-/m0/s1. The first-order valence-electron chi connectivity index (χ1n) is 35.5. The molecule has 4 rings (SSSR count). The zero-order valence-electron chi connectivity index (χ0n) is 62.2. The number of aliphatic carboxylic acids is 1. The molecule has 3 aromatic rings. The number of phenols is 1. The lowest BCUT2D eigenvalue weighted by Gasteiger charge is -2.28. The van der Waals surface area contributed by atoms with E-state index in [0.29, 0.717) is 17.5 Å². The van der Waals surface area contributed by atoms with Crippen molar-refractivity contribution in [1.82, 2.24) is 79.0 Å². The third kappa shape index (κ3) is 29.7. The number of nitrogens with two attached hydrogens (primary N) is 3. The van der Waals surface area contributed by atoms with E-state index >= 15 is 0 Å². The number of hydrogen-bond acceptors (Lipinski definition) is 21. The van der Waals surface area contributed by atoms with E-state index in [9.17, 15) is 102 Å². The minimum absolute atomic E-state index is 0.0142. The van der Waals surface area contributed by atoms with Crippen molar-refractivity contribution in [2.24, 2.45) is 35.0 Å². The quantitative estimate of drug-likeness (QED) is 0.0250. The van der Waals surface area contributed by atoms with Gasteiger partial charge in [0.2, 0.25) is 94.5 Å². The number of phenolic OH excluding ortho intramolecular Hbond substituents is 1. The third-order valence-corrected chi connectivity index (χ3v) is 17.2. The van der Waals surface area contributed by atoms with Crippen LogP contribution < -0.4 is 86.3 Å². The predicted molar refractivity (Wildman–Crippen MR) is 389 cm³/mol. The van der Waals surface area contributed by atoms with E-state index in [-0.39, 0.29) is 68.6 Å². The Morgan fingerprint density at radius 1 is 0.514 bits per heavy atom. The van der Waals surface area contributed by atoms with Gasteiger partial charge in [-0.15, -0.1) is 0 Å². The van der Waals surface area contributed by atoms with Crippen LogP contribution in [0.4, 0.5) is 0 Å². The van der Waals surface area contributed by atoms with Gasteiger partial charge < -0.3 is 117 Å². The molecule has 39 heteroatoms. The monoisotopic (exact) mass is 1530 g/mol. The average molecular weight is 1530 g/mol. The molecule has 2 aromatic carbocycles. The molecule has 0 bridgehead atoms. The van der Waals surface area contributed by atoms with Crippen molar-refractivity contribution in [2.75, 3.05) is 32.8 Å². The van der Waals surface area contributed by atoms with Gasteiger partial charge in [0.25, 0.3) is 0 Å². The number of aliphatic hydroxyl groups is 2. The van der Waals surface area contributed by atoms with Crippen LogP contribution in [0.15, 0.2) is 54.7 Å². The van der Waals surface area contributed by atoms with Gasteiger partial charge >= 0.3 is 5.97 Å². The molecule has 600 valence electrons. The lowest BCUT2D eigenvalue weighted by atomic mass is 9.99. The number of carboxylic acid groups (broad SMARTS) is 1. The minimum atomic E-state index is -1.89. The summed E-state index contributed by atoms with van der Waals surface area (Å²) in [4.78, 5) is 231. The molecular weight excluding hydrogens is 1430 g/mol. The van der Waals surface area contributed by atoms with Crippen molar-refractivity contribution in [3.63, 3.8) is 0 Å². The van der Waals surface area contributed by atoms with Crippen LogP contribution in [-0.2, 0) is 94.3 Å². The number of aliphatic hydroxyl groups excluding tert-OH is 2. The topological polar surface area (TPSA) is 625 Å². The fraction of sp³-hybridized carbons (Fsp3) is 0.557. The number of nitrogens with zero attached hydrogens (tertiary/aromatic N) is 1. The van der Waals surface area contributed by atoms with Crippen LogP contribution in [0.25, 0.3) is 10.9 Å². The molecule has 16 amide bonds. The molecule has 1 aliphatic rings. The minimum Gasteiger partial charge on any atom is -0.508 e. The third-order valence-electron chi connectivity index (χ3n) is 17.2. The van der Waals surface area contributed by atoms with Crippen molar-refractivity contribution >= 4 is 111 Å². The Hall–Kier alpha value is -11.3. The lowest BCUT2D eigenvalue weighted by molar-refractivity contribution is -0.143. The molecule has 2 heterocycles. The predicted octanol–water partition coefficient (Wildman–Crippen LogP) is -6.44. The molecule has 13 atom stereocenters. The smallest absolute Gasteiger partial charge is 0.305 e. The number of fused-ring (bicyclic) bond motifs is 1. The van der Waals surface area contributed by atoms with E-state index in [1.54, 1.807) is 72.0 Å². The number of hydrogen-bond donors (Lipinski definition) is 21. The molecule has 1 aromatic heterocycles. The second-order valence-electron chi connectivity index (χ2n) is 27.9. The van der Waals surface area contributed by atoms with Crippen molar-refractivity contribution in [1.29, 1.82) is 0 Å². The fourth-order valence-corrected chi connectivity index (χ4v) is 11.5. The summed E-state index contributed by atoms with van der Waals surface area (Å²) in [5, 5.41) is 72.5. The Labute approximate surface area is 628 Å². The van der Waals surface area contributed by atoms with Gasteiger partial charge in [-0.05, 0) is 100.0 Å². The summed E-state index contributed by atoms with van der Waals surface area (Å²) >= 11 is 0. The van der Waals surface area contributed by atoms with Crippen molar-refractivity contribution < 1.29 is 102 Å². The highest BCUT2D eigenvalue weighted by Crippen LogP contribution is 2.22. The molecule has 24 N–H and O–H groups in total. The van der Waals surface area contributed by atoms with Crippen LogP contribution >= 0.6 is 0 Å². The Balaban J connectivity index is 1.41. The summed E-state index contributed by atoms with van der Waals surface area (Å²) in [5.74, 6) is -18.0. The van der Waals surface area contributed by atoms with Gasteiger partial charge in [0.15, 0.2) is 0 Å². The van der Waals surface area contributed by atoms with Crippen LogP contribution in [0.3, 0.4) is 0 Å². The largest absolute Gasteiger partial charge is 0.508 e. The van der Waals surface area contributed by atoms with Crippen LogP contribution in [-0.4, -0.2) is 242 Å². The number of aromatic nitrogens is 1. The second kappa shape index (κ2) is 43.5. The van der Waals surface area contributed by atoms with Gasteiger partial charge in [-0.2, -0.15) is 0 Å². The van der Waals surface area contributed by atoms with Crippen LogP contribution in [0.2, 0.25) is 0 Å². The average Bonchev–Trinajstić information content (AvgIpc) is 1.43. The molecule has 0 aliphatic carbocycles. The number of nitrogens with one attached hydrogen (secondary N) is 14. The van der Waals surface area contributed by atoms with Crippen LogP contribution in [0.5, 0.6) is 5.75 Å². The number of para-hydroxylation sites is 1. The lowest BCUT2D eigenvalue weighted by Crippen LogP contribution is -2.62. The number of carbonyl (C=O) groups excluding carboxylic acids is 16. The number of H-pyrrole nitrogens is 1. The zero-order chi connectivity index (χ0) is 81.7. The fourth-order valence-electron chi connectivity index (χ4n) is 11.5. The number of carbonyl (C=O) groups is 17. The highest BCUT2D eigenvalue weighted by Gasteiger charge is 2.40. The van der Waals surface area contributed by atoms with E-state index in [0.717, 1.165) is 22.7 Å². The zero-order valence-corrected chi connectivity index (χ0v) is 62.2. The number of amides is 16. The maximum atomic E-state index is 14.4. The molecule has 39 nitrogen and oxygen atoms in total. The summed E-state index contributed by atoms with van der Waals surface area (Å²) in [6.07, 6.45) is -1.82. The molecule has 1 fully saturated rings. The summed E-state index contributed by atoms with van der Waals surface area (Å²) in [6.45, 7) is 10.8. The van der Waals surface area contributed by atoms with Crippen molar-refractivity contribution in [2.45, 2.75) is 199 Å². The second-order valence-corrected chi connectivity index (χ2v) is 27.9. The number of benzene rings is 2. The van der Waals surface area contributed by atoms with Gasteiger partial charge in [0.05, 0.1) is 45.2 Å². The van der Waals surface area contributed by atoms with E-state index < -0.39 is 218 Å². The summed E-state index contributed by atoms with van der Waals surface area (Å²) in [5.41, 5.74) is 18.0. The van der Waals surface area contributed by atoms with Gasteiger partial charge in [0, 0.05) is 36.5 Å². The summed E-state index contributed by atoms with van der Waals surface area (Å²) in [7, 11) is 0. The Morgan fingerprint density at radius 2 is 0.991 bits per heavy atom. The number of primary amides is 2. The van der Waals surface area contributed by atoms with Crippen molar-refractivity contribution in [3.05, 3.63) is 65.9 Å².